The molecule has 1 rings (SSSR count). The van der Waals surface area contributed by atoms with Crippen LogP contribution < -0.4 is 10.5 Å². The number of benzene rings is 1. The van der Waals surface area contributed by atoms with Gasteiger partial charge in [-0.1, -0.05) is 18.2 Å². The third-order valence-corrected chi connectivity index (χ3v) is 2.13. The fraction of sp³-hybridized carbons (Fsp3) is 0.333. The molecule has 0 aliphatic rings. The normalized spacial score (nSPS) is 11.5. The zero-order valence-electron chi connectivity index (χ0n) is 8.87. The van der Waals surface area contributed by atoms with E-state index in [1.54, 1.807) is 7.11 Å². The molecule has 0 atom stereocenters. The van der Waals surface area contributed by atoms with Crippen molar-refractivity contribution in [2.24, 2.45) is 5.73 Å². The maximum Gasteiger partial charge on any atom is 0.119 e. The fourth-order valence-electron chi connectivity index (χ4n) is 1.31. The lowest BCUT2D eigenvalue weighted by molar-refractivity contribution is 0.414. The van der Waals surface area contributed by atoms with Gasteiger partial charge < -0.3 is 10.5 Å². The third kappa shape index (κ3) is 4.13. The number of methoxy groups -OCH3 is 1. The molecule has 0 aliphatic heterocycles. The highest BCUT2D eigenvalue weighted by atomic mass is 19.1. The van der Waals surface area contributed by atoms with Crippen molar-refractivity contribution in [2.45, 2.75) is 12.8 Å². The van der Waals surface area contributed by atoms with Crippen LogP contribution in [0, 0.1) is 0 Å². The lowest BCUT2D eigenvalue weighted by Gasteiger charge is -2.02. The fourth-order valence-corrected chi connectivity index (χ4v) is 1.31. The highest BCUT2D eigenvalue weighted by Crippen LogP contribution is 2.14. The third-order valence-electron chi connectivity index (χ3n) is 2.13. The minimum atomic E-state index is -0.252. The Balaban J connectivity index is 2.50. The SMILES string of the molecule is COc1cccc(CCC=C(F)CN)c1. The largest absolute Gasteiger partial charge is 0.497 e. The second-order valence-corrected chi connectivity index (χ2v) is 3.25. The Morgan fingerprint density at radius 2 is 2.33 bits per heavy atom. The smallest absolute Gasteiger partial charge is 0.119 e. The van der Waals surface area contributed by atoms with Crippen molar-refractivity contribution in [1.29, 1.82) is 0 Å². The Bertz CT molecular complexity index is 336. The van der Waals surface area contributed by atoms with Crippen molar-refractivity contribution in [2.75, 3.05) is 13.7 Å². The number of hydrogen-bond donors (Lipinski definition) is 1. The Kier molecular flexibility index (Phi) is 4.84. The molecule has 0 unspecified atom stereocenters. The van der Waals surface area contributed by atoms with Gasteiger partial charge in [-0.25, -0.2) is 4.39 Å². The van der Waals surface area contributed by atoms with Crippen molar-refractivity contribution < 1.29 is 9.13 Å². The van der Waals surface area contributed by atoms with E-state index in [1.165, 1.54) is 6.08 Å². The Hall–Kier alpha value is -1.35. The topological polar surface area (TPSA) is 35.2 Å². The zero-order valence-corrected chi connectivity index (χ0v) is 8.87. The predicted molar refractivity (Wildman–Crippen MR) is 59.6 cm³/mol. The summed E-state index contributed by atoms with van der Waals surface area (Å²) in [6.45, 7) is -0.0158. The lowest BCUT2D eigenvalue weighted by Crippen LogP contribution is -1.98. The average Bonchev–Trinajstić information content (AvgIpc) is 2.29. The van der Waals surface area contributed by atoms with Gasteiger partial charge in [-0.3, -0.25) is 0 Å². The summed E-state index contributed by atoms with van der Waals surface area (Å²) >= 11 is 0. The van der Waals surface area contributed by atoms with Crippen molar-refractivity contribution in [3.05, 3.63) is 41.7 Å². The minimum Gasteiger partial charge on any atom is -0.497 e. The second-order valence-electron chi connectivity index (χ2n) is 3.25. The lowest BCUT2D eigenvalue weighted by atomic mass is 10.1. The molecule has 2 nitrogen and oxygen atoms in total. The van der Waals surface area contributed by atoms with E-state index in [-0.39, 0.29) is 12.4 Å². The summed E-state index contributed by atoms with van der Waals surface area (Å²) in [7, 11) is 1.63. The predicted octanol–water partition coefficient (Wildman–Crippen LogP) is 2.44. The van der Waals surface area contributed by atoms with E-state index >= 15 is 0 Å². The molecule has 3 heteroatoms. The van der Waals surface area contributed by atoms with Crippen LogP contribution in [0.15, 0.2) is 36.2 Å². The molecule has 0 spiro atoms. The number of halogens is 1. The van der Waals surface area contributed by atoms with Crippen LogP contribution in [0.25, 0.3) is 0 Å². The summed E-state index contributed by atoms with van der Waals surface area (Å²) in [6, 6.07) is 7.77. The number of rotatable bonds is 5. The first-order valence-electron chi connectivity index (χ1n) is 4.94. The Labute approximate surface area is 89.6 Å². The van der Waals surface area contributed by atoms with Crippen LogP contribution in [0.2, 0.25) is 0 Å². The van der Waals surface area contributed by atoms with E-state index in [0.717, 1.165) is 17.7 Å². The van der Waals surface area contributed by atoms with Gasteiger partial charge in [0.25, 0.3) is 0 Å². The average molecular weight is 209 g/mol. The molecule has 0 fully saturated rings. The van der Waals surface area contributed by atoms with E-state index in [0.29, 0.717) is 6.42 Å². The number of nitrogens with two attached hydrogens (primary N) is 1. The first-order chi connectivity index (χ1) is 7.26. The van der Waals surface area contributed by atoms with Crippen molar-refractivity contribution in [3.63, 3.8) is 0 Å². The molecule has 0 aliphatic carbocycles. The molecule has 2 N–H and O–H groups in total. The molecule has 0 amide bonds. The van der Waals surface area contributed by atoms with Gasteiger partial charge in [0.2, 0.25) is 0 Å². The summed E-state index contributed by atoms with van der Waals surface area (Å²) in [5, 5.41) is 0. The molecule has 1 aromatic carbocycles. The van der Waals surface area contributed by atoms with Crippen LogP contribution in [0.1, 0.15) is 12.0 Å². The van der Waals surface area contributed by atoms with Crippen molar-refractivity contribution in [3.8, 4) is 5.75 Å². The number of ether oxygens (including phenoxy) is 1. The van der Waals surface area contributed by atoms with E-state index in [1.807, 2.05) is 24.3 Å². The van der Waals surface area contributed by atoms with Crippen LogP contribution in [-0.4, -0.2) is 13.7 Å². The summed E-state index contributed by atoms with van der Waals surface area (Å²) in [5.74, 6) is 0.577. The maximum atomic E-state index is 12.7. The van der Waals surface area contributed by atoms with E-state index in [4.69, 9.17) is 10.5 Å². The molecule has 82 valence electrons. The van der Waals surface area contributed by atoms with Gasteiger partial charge in [0.15, 0.2) is 0 Å². The van der Waals surface area contributed by atoms with Gasteiger partial charge in [0, 0.05) is 6.54 Å². The first-order valence-corrected chi connectivity index (χ1v) is 4.94. The van der Waals surface area contributed by atoms with Gasteiger partial charge in [-0.15, -0.1) is 0 Å². The Morgan fingerprint density at radius 3 is 3.00 bits per heavy atom. The second kappa shape index (κ2) is 6.19. The van der Waals surface area contributed by atoms with E-state index < -0.39 is 0 Å². The quantitative estimate of drug-likeness (QED) is 0.808. The molecule has 0 heterocycles. The first kappa shape index (κ1) is 11.7. The van der Waals surface area contributed by atoms with Gasteiger partial charge in [-0.2, -0.15) is 0 Å². The molecular formula is C12H16FNO. The highest BCUT2D eigenvalue weighted by Gasteiger charge is 1.95. The number of aryl methyl sites for hydroxylation is 1. The van der Waals surface area contributed by atoms with E-state index in [9.17, 15) is 4.39 Å². The number of allylic oxidation sites excluding steroid dienone is 1. The van der Waals surface area contributed by atoms with Crippen LogP contribution in [-0.2, 0) is 6.42 Å². The molecule has 0 radical (unpaired) electrons. The summed E-state index contributed by atoms with van der Waals surface area (Å²) < 4.78 is 17.8. The van der Waals surface area contributed by atoms with Crippen molar-refractivity contribution >= 4 is 0 Å². The molecule has 0 saturated carbocycles. The standard InChI is InChI=1S/C12H16FNO/c1-15-12-7-3-5-10(8-12)4-2-6-11(13)9-14/h3,5-8H,2,4,9,14H2,1H3. The summed E-state index contributed by atoms with van der Waals surface area (Å²) in [5.41, 5.74) is 6.27. The summed E-state index contributed by atoms with van der Waals surface area (Å²) in [4.78, 5) is 0. The van der Waals surface area contributed by atoms with Crippen LogP contribution >= 0.6 is 0 Å². The monoisotopic (exact) mass is 209 g/mol. The van der Waals surface area contributed by atoms with Gasteiger partial charge in [0.05, 0.1) is 7.11 Å². The molecule has 0 aromatic heterocycles. The maximum absolute atomic E-state index is 12.7. The van der Waals surface area contributed by atoms with Crippen molar-refractivity contribution in [1.82, 2.24) is 0 Å². The van der Waals surface area contributed by atoms with Gasteiger partial charge >= 0.3 is 0 Å². The molecule has 0 bridgehead atoms. The van der Waals surface area contributed by atoms with Crippen LogP contribution in [0.3, 0.4) is 0 Å². The van der Waals surface area contributed by atoms with Crippen LogP contribution in [0.5, 0.6) is 5.75 Å². The number of hydrogen-bond acceptors (Lipinski definition) is 2. The van der Waals surface area contributed by atoms with Gasteiger partial charge in [0.1, 0.15) is 11.6 Å². The molecule has 1 aromatic rings. The molecule has 0 saturated heterocycles. The highest BCUT2D eigenvalue weighted by molar-refractivity contribution is 5.28. The Morgan fingerprint density at radius 1 is 1.53 bits per heavy atom. The molecular weight excluding hydrogens is 193 g/mol. The summed E-state index contributed by atoms with van der Waals surface area (Å²) in [6.07, 6.45) is 2.99. The zero-order chi connectivity index (χ0) is 11.1. The van der Waals surface area contributed by atoms with Crippen LogP contribution in [0.4, 0.5) is 4.39 Å². The minimum absolute atomic E-state index is 0.0158. The van der Waals surface area contributed by atoms with E-state index in [2.05, 4.69) is 0 Å². The molecule has 15 heavy (non-hydrogen) atoms. The van der Waals surface area contributed by atoms with Gasteiger partial charge in [-0.05, 0) is 30.5 Å².